The van der Waals surface area contributed by atoms with Gasteiger partial charge in [-0.1, -0.05) is 44.4 Å². The summed E-state index contributed by atoms with van der Waals surface area (Å²) < 4.78 is 5.67. The third kappa shape index (κ3) is 6.25. The summed E-state index contributed by atoms with van der Waals surface area (Å²) in [7, 11) is 0. The van der Waals surface area contributed by atoms with Crippen molar-refractivity contribution in [2.75, 3.05) is 19.8 Å². The molecule has 1 saturated carbocycles. The third-order valence-electron chi connectivity index (χ3n) is 6.25. The summed E-state index contributed by atoms with van der Waals surface area (Å²) in [5, 5.41) is 3.33. The molecule has 3 nitrogen and oxygen atoms in total. The van der Waals surface area contributed by atoms with Gasteiger partial charge in [0.15, 0.2) is 0 Å². The molecule has 1 saturated heterocycles. The van der Waals surface area contributed by atoms with Crippen LogP contribution in [-0.4, -0.2) is 30.4 Å². The van der Waals surface area contributed by atoms with E-state index in [-0.39, 0.29) is 16.6 Å². The summed E-state index contributed by atoms with van der Waals surface area (Å²) in [6, 6.07) is 10.6. The first-order valence-corrected chi connectivity index (χ1v) is 11.6. The quantitative estimate of drug-likeness (QED) is 0.643. The van der Waals surface area contributed by atoms with Gasteiger partial charge in [0.1, 0.15) is 0 Å². The molecule has 1 heterocycles. The second kappa shape index (κ2) is 10.5. The van der Waals surface area contributed by atoms with Gasteiger partial charge in [0.2, 0.25) is 5.91 Å². The van der Waals surface area contributed by atoms with Crippen LogP contribution in [0.4, 0.5) is 0 Å². The molecule has 0 spiro atoms. The highest BCUT2D eigenvalue weighted by atomic mass is 32.2. The molecule has 1 aliphatic heterocycles. The number of nitrogens with one attached hydrogen (secondary N) is 1. The minimum Gasteiger partial charge on any atom is -0.381 e. The average molecular weight is 390 g/mol. The predicted molar refractivity (Wildman–Crippen MR) is 113 cm³/mol. The maximum absolute atomic E-state index is 12.8. The van der Waals surface area contributed by atoms with Gasteiger partial charge in [0.25, 0.3) is 0 Å². The van der Waals surface area contributed by atoms with Crippen LogP contribution in [0.3, 0.4) is 0 Å². The molecule has 0 unspecified atom stereocenters. The zero-order valence-corrected chi connectivity index (χ0v) is 17.6. The Kier molecular flexibility index (Phi) is 8.07. The first-order valence-electron chi connectivity index (χ1n) is 10.8. The van der Waals surface area contributed by atoms with Crippen LogP contribution in [0.25, 0.3) is 0 Å². The fourth-order valence-electron chi connectivity index (χ4n) is 4.40. The fourth-order valence-corrected chi connectivity index (χ4v) is 5.70. The number of thioether (sulfide) groups is 1. The van der Waals surface area contributed by atoms with Crippen molar-refractivity contribution in [3.8, 4) is 0 Å². The minimum atomic E-state index is 0.0631. The van der Waals surface area contributed by atoms with Crippen LogP contribution in [-0.2, 0) is 9.53 Å². The van der Waals surface area contributed by atoms with Crippen LogP contribution < -0.4 is 5.32 Å². The van der Waals surface area contributed by atoms with Gasteiger partial charge in [-0.15, -0.1) is 11.8 Å². The number of amides is 1. The van der Waals surface area contributed by atoms with E-state index in [0.29, 0.717) is 0 Å². The molecule has 0 bridgehead atoms. The lowest BCUT2D eigenvalue weighted by atomic mass is 9.79. The summed E-state index contributed by atoms with van der Waals surface area (Å²) in [6.07, 6.45) is 10.6. The highest BCUT2D eigenvalue weighted by Crippen LogP contribution is 2.40. The first kappa shape index (κ1) is 20.7. The maximum atomic E-state index is 12.8. The summed E-state index contributed by atoms with van der Waals surface area (Å²) in [5.74, 6) is 1.36. The van der Waals surface area contributed by atoms with E-state index in [1.807, 2.05) is 11.8 Å². The topological polar surface area (TPSA) is 38.3 Å². The number of carbonyl (C=O) groups is 1. The fraction of sp³-hybridized carbons (Fsp3) is 0.696. The van der Waals surface area contributed by atoms with Gasteiger partial charge in [-0.25, -0.2) is 0 Å². The van der Waals surface area contributed by atoms with Crippen LogP contribution in [0.15, 0.2) is 35.2 Å². The minimum absolute atomic E-state index is 0.0631. The number of hydrogen-bond acceptors (Lipinski definition) is 3. The van der Waals surface area contributed by atoms with Crippen LogP contribution in [0, 0.1) is 11.8 Å². The molecule has 1 aliphatic carbocycles. The molecule has 1 N–H and O–H groups in total. The van der Waals surface area contributed by atoms with E-state index in [1.165, 1.54) is 37.0 Å². The van der Waals surface area contributed by atoms with Crippen LogP contribution in [0.5, 0.6) is 0 Å². The summed E-state index contributed by atoms with van der Waals surface area (Å²) >= 11 is 1.92. The van der Waals surface area contributed by atoms with Gasteiger partial charge in [0.05, 0.1) is 0 Å². The van der Waals surface area contributed by atoms with Gasteiger partial charge < -0.3 is 10.1 Å². The van der Waals surface area contributed by atoms with Crippen LogP contribution in [0.2, 0.25) is 0 Å². The molecule has 2 aliphatic rings. The van der Waals surface area contributed by atoms with Crippen molar-refractivity contribution in [1.82, 2.24) is 5.32 Å². The molecule has 2 fully saturated rings. The van der Waals surface area contributed by atoms with Crippen LogP contribution >= 0.6 is 11.8 Å². The Hall–Kier alpha value is -1.00. The molecule has 0 radical (unpaired) electrons. The number of unbranched alkanes of at least 4 members (excludes halogenated alkanes) is 1. The Morgan fingerprint density at radius 3 is 2.52 bits per heavy atom. The lowest BCUT2D eigenvalue weighted by molar-refractivity contribution is -0.126. The van der Waals surface area contributed by atoms with E-state index in [2.05, 4.69) is 42.6 Å². The molecule has 1 amide bonds. The van der Waals surface area contributed by atoms with E-state index in [0.717, 1.165) is 51.4 Å². The average Bonchev–Trinajstić information content (AvgIpc) is 2.72. The zero-order chi connectivity index (χ0) is 19.0. The summed E-state index contributed by atoms with van der Waals surface area (Å²) in [6.45, 7) is 4.60. The van der Waals surface area contributed by atoms with Crippen molar-refractivity contribution < 1.29 is 9.53 Å². The molecule has 150 valence electrons. The molecule has 27 heavy (non-hydrogen) atoms. The maximum Gasteiger partial charge on any atom is 0.223 e. The Bertz CT molecular complexity index is 563. The molecule has 3 rings (SSSR count). The van der Waals surface area contributed by atoms with Crippen molar-refractivity contribution in [2.24, 2.45) is 11.8 Å². The SMILES string of the molecule is CCCCC1CCC(C(=O)NCC2(Sc3ccccc3)CCOCC2)CC1. The Morgan fingerprint density at radius 1 is 1.15 bits per heavy atom. The van der Waals surface area contributed by atoms with E-state index in [9.17, 15) is 4.79 Å². The molecule has 0 aromatic heterocycles. The number of hydrogen-bond donors (Lipinski definition) is 1. The van der Waals surface area contributed by atoms with Crippen LogP contribution in [0.1, 0.15) is 64.7 Å². The summed E-state index contributed by atoms with van der Waals surface area (Å²) in [4.78, 5) is 14.1. The lowest BCUT2D eigenvalue weighted by Gasteiger charge is -2.37. The van der Waals surface area contributed by atoms with Crippen molar-refractivity contribution in [1.29, 1.82) is 0 Å². The van der Waals surface area contributed by atoms with E-state index in [4.69, 9.17) is 4.74 Å². The highest BCUT2D eigenvalue weighted by molar-refractivity contribution is 8.00. The van der Waals surface area contributed by atoms with Gasteiger partial charge in [-0.2, -0.15) is 0 Å². The number of benzene rings is 1. The van der Waals surface area contributed by atoms with E-state index < -0.39 is 0 Å². The summed E-state index contributed by atoms with van der Waals surface area (Å²) in [5.41, 5.74) is 0. The highest BCUT2D eigenvalue weighted by Gasteiger charge is 2.35. The number of rotatable bonds is 8. The van der Waals surface area contributed by atoms with Gasteiger partial charge in [0, 0.05) is 35.3 Å². The largest absolute Gasteiger partial charge is 0.381 e. The van der Waals surface area contributed by atoms with Crippen molar-refractivity contribution >= 4 is 17.7 Å². The second-order valence-electron chi connectivity index (χ2n) is 8.29. The molecular weight excluding hydrogens is 354 g/mol. The molecule has 1 aromatic carbocycles. The van der Waals surface area contributed by atoms with E-state index >= 15 is 0 Å². The molecule has 1 aromatic rings. The Morgan fingerprint density at radius 2 is 1.85 bits per heavy atom. The van der Waals surface area contributed by atoms with Crippen molar-refractivity contribution in [3.05, 3.63) is 30.3 Å². The van der Waals surface area contributed by atoms with Crippen molar-refractivity contribution in [3.63, 3.8) is 0 Å². The number of carbonyl (C=O) groups excluding carboxylic acids is 1. The Labute approximate surface area is 169 Å². The van der Waals surface area contributed by atoms with Gasteiger partial charge in [-0.05, 0) is 56.6 Å². The number of ether oxygens (including phenoxy) is 1. The third-order valence-corrected chi connectivity index (χ3v) is 7.74. The lowest BCUT2D eigenvalue weighted by Crippen LogP contribution is -2.46. The standard InChI is InChI=1S/C23H35NO2S/c1-2-3-7-19-10-12-20(13-11-19)22(25)24-18-23(14-16-26-17-15-23)27-21-8-5-4-6-9-21/h4-6,8-9,19-20H,2-3,7,10-18H2,1H3,(H,24,25). The van der Waals surface area contributed by atoms with E-state index in [1.54, 1.807) is 0 Å². The van der Waals surface area contributed by atoms with Gasteiger partial charge in [-0.3, -0.25) is 4.79 Å². The monoisotopic (exact) mass is 389 g/mol. The second-order valence-corrected chi connectivity index (χ2v) is 9.83. The van der Waals surface area contributed by atoms with Gasteiger partial charge >= 0.3 is 0 Å². The smallest absolute Gasteiger partial charge is 0.223 e. The zero-order valence-electron chi connectivity index (χ0n) is 16.8. The molecular formula is C23H35NO2S. The van der Waals surface area contributed by atoms with Crippen molar-refractivity contribution in [2.45, 2.75) is 74.4 Å². The first-order chi connectivity index (χ1) is 13.2. The predicted octanol–water partition coefficient (Wildman–Crippen LogP) is 5.44. The Balaban J connectivity index is 1.50. The normalized spacial score (nSPS) is 25.1. The molecule has 4 heteroatoms. The molecule has 0 atom stereocenters.